The van der Waals surface area contributed by atoms with Gasteiger partial charge in [-0.25, -0.2) is 13.4 Å². The Morgan fingerprint density at radius 2 is 0.786 bits per heavy atom. The van der Waals surface area contributed by atoms with E-state index in [-0.39, 0.29) is 0 Å². The summed E-state index contributed by atoms with van der Waals surface area (Å²) in [4.78, 5) is 0. The highest BCUT2D eigenvalue weighted by Gasteiger charge is 2.38. The van der Waals surface area contributed by atoms with Crippen molar-refractivity contribution in [1.29, 1.82) is 0 Å². The van der Waals surface area contributed by atoms with Crippen LogP contribution in [-0.2, 0) is 18.5 Å². The lowest BCUT2D eigenvalue weighted by Gasteiger charge is -2.17. The van der Waals surface area contributed by atoms with E-state index in [1.165, 1.54) is 0 Å². The van der Waals surface area contributed by atoms with E-state index in [2.05, 4.69) is 15.3 Å². The molecule has 0 atom stereocenters. The predicted molar refractivity (Wildman–Crippen MR) is 74.8 cm³/mol. The summed E-state index contributed by atoms with van der Waals surface area (Å²) in [7, 11) is -2.61. The molecule has 0 unspecified atom stereocenters. The van der Waals surface area contributed by atoms with Gasteiger partial charge in [-0.1, -0.05) is 0 Å². The number of nitrogens with zero attached hydrogens (tertiary/aromatic N) is 6. The third kappa shape index (κ3) is 3.98. The Hall–Kier alpha value is -2.57. The SMILES string of the molecule is FC(F)(F)c1ccn(P(n2ccc(C(F)(F)F)n2)n2ccc(C(F)(F)F)n2)n1. The fourth-order valence-corrected chi connectivity index (χ4v) is 3.63. The summed E-state index contributed by atoms with van der Waals surface area (Å²) in [5.74, 6) is 0. The Morgan fingerprint density at radius 1 is 0.536 bits per heavy atom. The van der Waals surface area contributed by atoms with Gasteiger partial charge >= 0.3 is 18.5 Å². The monoisotopic (exact) mass is 436 g/mol. The first-order chi connectivity index (χ1) is 12.8. The van der Waals surface area contributed by atoms with Crippen molar-refractivity contribution in [2.24, 2.45) is 0 Å². The van der Waals surface area contributed by atoms with E-state index in [1.807, 2.05) is 0 Å². The maximum absolute atomic E-state index is 12.8. The molecule has 0 bridgehead atoms. The maximum atomic E-state index is 12.8. The van der Waals surface area contributed by atoms with Crippen LogP contribution in [0.25, 0.3) is 0 Å². The van der Waals surface area contributed by atoms with Gasteiger partial charge in [0.1, 0.15) is 0 Å². The van der Waals surface area contributed by atoms with Crippen LogP contribution < -0.4 is 0 Å². The van der Waals surface area contributed by atoms with Gasteiger partial charge < -0.3 is 0 Å². The van der Waals surface area contributed by atoms with Gasteiger partial charge in [0, 0.05) is 18.6 Å². The average Bonchev–Trinajstić information content (AvgIpc) is 3.26. The van der Waals surface area contributed by atoms with Crippen LogP contribution >= 0.6 is 8.37 Å². The lowest BCUT2D eigenvalue weighted by Crippen LogP contribution is -2.15. The average molecular weight is 436 g/mol. The summed E-state index contributed by atoms with van der Waals surface area (Å²) < 4.78 is 117. The summed E-state index contributed by atoms with van der Waals surface area (Å²) in [5.41, 5.74) is -4.15. The minimum Gasteiger partial charge on any atom is -0.210 e. The zero-order valence-electron chi connectivity index (χ0n) is 13.0. The first kappa shape index (κ1) is 20.2. The molecule has 0 N–H and O–H groups in total. The molecule has 0 spiro atoms. The Labute approximate surface area is 150 Å². The number of hydrogen-bond donors (Lipinski definition) is 0. The number of aromatic nitrogens is 6. The molecule has 0 aliphatic heterocycles. The van der Waals surface area contributed by atoms with E-state index in [4.69, 9.17) is 0 Å². The molecule has 0 aromatic carbocycles. The van der Waals surface area contributed by atoms with Crippen molar-refractivity contribution in [2.75, 3.05) is 0 Å². The van der Waals surface area contributed by atoms with Crippen LogP contribution in [0.3, 0.4) is 0 Å². The number of rotatable bonds is 3. The van der Waals surface area contributed by atoms with Crippen LogP contribution in [0.5, 0.6) is 0 Å². The van der Waals surface area contributed by atoms with Crippen LogP contribution in [0.4, 0.5) is 39.5 Å². The van der Waals surface area contributed by atoms with Crippen molar-refractivity contribution < 1.29 is 39.5 Å². The highest BCUT2D eigenvalue weighted by Crippen LogP contribution is 2.42. The first-order valence-corrected chi connectivity index (χ1v) is 8.16. The Balaban J connectivity index is 2.10. The fourth-order valence-electron chi connectivity index (χ4n) is 1.98. The van der Waals surface area contributed by atoms with Crippen molar-refractivity contribution in [3.63, 3.8) is 0 Å². The molecule has 0 saturated carbocycles. The van der Waals surface area contributed by atoms with Gasteiger partial charge in [-0.05, 0) is 18.2 Å². The molecule has 3 aromatic rings. The largest absolute Gasteiger partial charge is 0.435 e. The molecule has 6 nitrogen and oxygen atoms in total. The van der Waals surface area contributed by atoms with Gasteiger partial charge in [-0.3, -0.25) is 0 Å². The van der Waals surface area contributed by atoms with Crippen LogP contribution in [-0.4, -0.2) is 28.7 Å². The van der Waals surface area contributed by atoms with E-state index in [9.17, 15) is 39.5 Å². The number of hydrogen-bond acceptors (Lipinski definition) is 3. The molecular formula is C12H6F9N6P. The minimum absolute atomic E-state index is 0.525. The second kappa shape index (κ2) is 6.50. The quantitative estimate of drug-likeness (QED) is 0.449. The topological polar surface area (TPSA) is 53.5 Å². The third-order valence-electron chi connectivity index (χ3n) is 3.15. The molecule has 0 fully saturated rings. The summed E-state index contributed by atoms with van der Waals surface area (Å²) in [6, 6.07) is 1.58. The fraction of sp³-hybridized carbons (Fsp3) is 0.250. The van der Waals surface area contributed by atoms with Crippen molar-refractivity contribution in [3.05, 3.63) is 53.9 Å². The van der Waals surface area contributed by atoms with Gasteiger partial charge in [0.25, 0.3) is 8.37 Å². The van der Waals surface area contributed by atoms with Crippen LogP contribution in [0.1, 0.15) is 17.1 Å². The van der Waals surface area contributed by atoms with Crippen LogP contribution in [0.2, 0.25) is 0 Å². The summed E-state index contributed by atoms with van der Waals surface area (Å²) in [6.45, 7) is 0. The molecule has 0 saturated heterocycles. The van der Waals surface area contributed by atoms with Crippen molar-refractivity contribution in [3.8, 4) is 0 Å². The molecule has 152 valence electrons. The van der Waals surface area contributed by atoms with Gasteiger partial charge in [0.05, 0.1) is 0 Å². The lowest BCUT2D eigenvalue weighted by atomic mass is 10.4. The predicted octanol–water partition coefficient (Wildman–Crippen LogP) is 4.50. The highest BCUT2D eigenvalue weighted by atomic mass is 31.1. The summed E-state index contributed by atoms with van der Waals surface area (Å²) in [5, 5.41) is 9.64. The summed E-state index contributed by atoms with van der Waals surface area (Å²) >= 11 is 0. The highest BCUT2D eigenvalue weighted by molar-refractivity contribution is 7.52. The maximum Gasteiger partial charge on any atom is 0.435 e. The van der Waals surface area contributed by atoms with E-state index in [1.54, 1.807) is 0 Å². The molecular weight excluding hydrogens is 430 g/mol. The van der Waals surface area contributed by atoms with Gasteiger partial charge in [-0.15, -0.1) is 0 Å². The first-order valence-electron chi connectivity index (χ1n) is 6.96. The Kier molecular flexibility index (Phi) is 4.68. The van der Waals surface area contributed by atoms with E-state index in [0.717, 1.165) is 18.6 Å². The van der Waals surface area contributed by atoms with Gasteiger partial charge in [0.2, 0.25) is 0 Å². The Bertz CT molecular complexity index is 839. The molecule has 16 heteroatoms. The zero-order valence-corrected chi connectivity index (χ0v) is 13.9. The van der Waals surface area contributed by atoms with Gasteiger partial charge in [-0.2, -0.15) is 54.8 Å². The molecule has 0 aliphatic carbocycles. The number of alkyl halides is 9. The molecule has 0 radical (unpaired) electrons. The lowest BCUT2D eigenvalue weighted by molar-refractivity contribution is -0.142. The summed E-state index contributed by atoms with van der Waals surface area (Å²) in [6.07, 6.45) is -12.3. The number of halogens is 9. The van der Waals surface area contributed by atoms with Gasteiger partial charge in [0.15, 0.2) is 17.1 Å². The van der Waals surface area contributed by atoms with Crippen LogP contribution in [0.15, 0.2) is 36.8 Å². The normalized spacial score (nSPS) is 13.5. The third-order valence-corrected chi connectivity index (χ3v) is 4.92. The second-order valence-electron chi connectivity index (χ2n) is 5.13. The minimum atomic E-state index is -4.87. The van der Waals surface area contributed by atoms with Crippen molar-refractivity contribution in [2.45, 2.75) is 18.5 Å². The van der Waals surface area contributed by atoms with E-state index < -0.39 is 44.0 Å². The van der Waals surface area contributed by atoms with Crippen molar-refractivity contribution >= 4 is 8.37 Å². The van der Waals surface area contributed by atoms with Crippen LogP contribution in [0, 0.1) is 0 Å². The molecule has 28 heavy (non-hydrogen) atoms. The molecule has 3 rings (SSSR count). The molecule has 3 heterocycles. The van der Waals surface area contributed by atoms with E-state index >= 15 is 0 Å². The standard InChI is InChI=1S/C12H6F9N6P/c13-10(14,15)7-1-4-25(22-7)28(26-5-2-8(23-26)11(16,17)18)27-6-3-9(24-27)12(19,20)21/h1-6H. The Morgan fingerprint density at radius 3 is 0.964 bits per heavy atom. The zero-order chi connectivity index (χ0) is 20.9. The van der Waals surface area contributed by atoms with E-state index in [0.29, 0.717) is 31.6 Å². The molecule has 0 amide bonds. The molecule has 3 aromatic heterocycles. The molecule has 0 aliphatic rings. The second-order valence-corrected chi connectivity index (χ2v) is 6.89. The van der Waals surface area contributed by atoms with Crippen molar-refractivity contribution in [1.82, 2.24) is 28.7 Å². The smallest absolute Gasteiger partial charge is 0.210 e.